The second-order valence-electron chi connectivity index (χ2n) is 4.84. The quantitative estimate of drug-likeness (QED) is 0.744. The van der Waals surface area contributed by atoms with Gasteiger partial charge in [-0.05, 0) is 30.3 Å². The Hall–Kier alpha value is -3.35. The Kier molecular flexibility index (Phi) is 4.42. The van der Waals surface area contributed by atoms with E-state index in [0.717, 1.165) is 5.56 Å². The molecule has 1 heterocycles. The Labute approximate surface area is 137 Å². The molecule has 2 aromatic carbocycles. The summed E-state index contributed by atoms with van der Waals surface area (Å²) < 4.78 is 15.7. The van der Waals surface area contributed by atoms with E-state index in [1.54, 1.807) is 18.2 Å². The van der Waals surface area contributed by atoms with Crippen LogP contribution >= 0.6 is 0 Å². The summed E-state index contributed by atoms with van der Waals surface area (Å²) in [6.45, 7) is -0.448. The van der Waals surface area contributed by atoms with Crippen molar-refractivity contribution < 1.29 is 23.9 Å². The van der Waals surface area contributed by atoms with Crippen molar-refractivity contribution in [3.05, 3.63) is 48.5 Å². The maximum atomic E-state index is 10.6. The lowest BCUT2D eigenvalue weighted by molar-refractivity contribution is -0.139. The molecule has 0 unspecified atom stereocenters. The highest BCUT2D eigenvalue weighted by atomic mass is 16.5. The van der Waals surface area contributed by atoms with Crippen molar-refractivity contribution in [2.45, 2.75) is 0 Å². The summed E-state index contributed by atoms with van der Waals surface area (Å²) in [6.07, 6.45) is 0. The third kappa shape index (κ3) is 3.35. The highest BCUT2D eigenvalue weighted by molar-refractivity contribution is 5.69. The second kappa shape index (κ2) is 6.82. The van der Waals surface area contributed by atoms with Gasteiger partial charge in [0.25, 0.3) is 5.89 Å². The number of carboxylic acid groups (broad SMARTS) is 1. The van der Waals surface area contributed by atoms with Gasteiger partial charge in [-0.15, -0.1) is 0 Å². The number of carboxylic acids is 1. The molecule has 7 heteroatoms. The van der Waals surface area contributed by atoms with E-state index in [-0.39, 0.29) is 0 Å². The van der Waals surface area contributed by atoms with Crippen LogP contribution in [0.1, 0.15) is 0 Å². The molecule has 0 saturated carbocycles. The number of ether oxygens (including phenoxy) is 2. The molecule has 0 aliphatic carbocycles. The molecule has 0 amide bonds. The summed E-state index contributed by atoms with van der Waals surface area (Å²) in [7, 11) is 1.47. The number of aliphatic carboxylic acids is 1. The molecular formula is C17H14N2O5. The molecule has 3 rings (SSSR count). The molecule has 0 aliphatic rings. The molecule has 0 radical (unpaired) electrons. The molecule has 0 aliphatic heterocycles. The lowest BCUT2D eigenvalue weighted by atomic mass is 10.2. The average molecular weight is 326 g/mol. The summed E-state index contributed by atoms with van der Waals surface area (Å²) in [5.74, 6) is 0.467. The monoisotopic (exact) mass is 326 g/mol. The average Bonchev–Trinajstić information content (AvgIpc) is 3.10. The van der Waals surface area contributed by atoms with Crippen LogP contribution in [0.4, 0.5) is 0 Å². The lowest BCUT2D eigenvalue weighted by Crippen LogP contribution is -2.10. The van der Waals surface area contributed by atoms with Crippen LogP contribution in [0.5, 0.6) is 11.5 Å². The second-order valence-corrected chi connectivity index (χ2v) is 4.84. The molecule has 24 heavy (non-hydrogen) atoms. The van der Waals surface area contributed by atoms with E-state index in [1.807, 2.05) is 30.3 Å². The fraction of sp³-hybridized carbons (Fsp3) is 0.118. The minimum absolute atomic E-state index is 0.329. The van der Waals surface area contributed by atoms with Crippen LogP contribution in [-0.2, 0) is 4.79 Å². The first-order valence-corrected chi connectivity index (χ1v) is 7.09. The SMILES string of the molecule is COc1cc(-c2noc(-c3ccccc3)n2)ccc1OCC(=O)O. The van der Waals surface area contributed by atoms with Crippen LogP contribution in [0.2, 0.25) is 0 Å². The lowest BCUT2D eigenvalue weighted by Gasteiger charge is -2.09. The third-order valence-corrected chi connectivity index (χ3v) is 3.22. The first-order valence-electron chi connectivity index (χ1n) is 7.09. The van der Waals surface area contributed by atoms with Crippen molar-refractivity contribution >= 4 is 5.97 Å². The topological polar surface area (TPSA) is 94.7 Å². The summed E-state index contributed by atoms with van der Waals surface area (Å²) in [5, 5.41) is 12.6. The Balaban J connectivity index is 1.87. The Morgan fingerprint density at radius 2 is 1.92 bits per heavy atom. The number of aromatic nitrogens is 2. The molecule has 122 valence electrons. The number of methoxy groups -OCH3 is 1. The van der Waals surface area contributed by atoms with Gasteiger partial charge in [-0.25, -0.2) is 4.79 Å². The molecule has 1 N–H and O–H groups in total. The van der Waals surface area contributed by atoms with E-state index in [9.17, 15) is 4.79 Å². The van der Waals surface area contributed by atoms with Crippen LogP contribution in [0, 0.1) is 0 Å². The number of rotatable bonds is 6. The highest BCUT2D eigenvalue weighted by Crippen LogP contribution is 2.32. The van der Waals surface area contributed by atoms with Gasteiger partial charge in [0.2, 0.25) is 5.82 Å². The zero-order valence-electron chi connectivity index (χ0n) is 12.8. The van der Waals surface area contributed by atoms with E-state index < -0.39 is 12.6 Å². The zero-order chi connectivity index (χ0) is 16.9. The van der Waals surface area contributed by atoms with Crippen molar-refractivity contribution in [3.63, 3.8) is 0 Å². The van der Waals surface area contributed by atoms with Crippen LogP contribution in [0.3, 0.4) is 0 Å². The maximum Gasteiger partial charge on any atom is 0.341 e. The Morgan fingerprint density at radius 1 is 1.12 bits per heavy atom. The van der Waals surface area contributed by atoms with Gasteiger partial charge in [-0.3, -0.25) is 0 Å². The Morgan fingerprint density at radius 3 is 2.62 bits per heavy atom. The summed E-state index contributed by atoms with van der Waals surface area (Å²) in [6, 6.07) is 14.4. The fourth-order valence-corrected chi connectivity index (χ4v) is 2.10. The molecule has 0 fully saturated rings. The highest BCUT2D eigenvalue weighted by Gasteiger charge is 2.14. The standard InChI is InChI=1S/C17H14N2O5/c1-22-14-9-12(7-8-13(14)23-10-15(20)21)16-18-17(24-19-16)11-5-3-2-4-6-11/h2-9H,10H2,1H3,(H,20,21). The number of hydrogen-bond acceptors (Lipinski definition) is 6. The van der Waals surface area contributed by atoms with Gasteiger partial charge >= 0.3 is 5.97 Å². The van der Waals surface area contributed by atoms with E-state index in [2.05, 4.69) is 10.1 Å². The molecule has 0 atom stereocenters. The van der Waals surface area contributed by atoms with Crippen molar-refractivity contribution in [2.75, 3.05) is 13.7 Å². The number of hydrogen-bond donors (Lipinski definition) is 1. The molecule has 1 aromatic heterocycles. The minimum atomic E-state index is -1.06. The van der Waals surface area contributed by atoms with Crippen molar-refractivity contribution in [1.82, 2.24) is 10.1 Å². The van der Waals surface area contributed by atoms with Crippen LogP contribution < -0.4 is 9.47 Å². The molecule has 0 bridgehead atoms. The predicted molar refractivity (Wildman–Crippen MR) is 84.9 cm³/mol. The van der Waals surface area contributed by atoms with Gasteiger partial charge in [-0.1, -0.05) is 23.4 Å². The predicted octanol–water partition coefficient (Wildman–Crippen LogP) is 2.88. The van der Waals surface area contributed by atoms with Crippen molar-refractivity contribution in [2.24, 2.45) is 0 Å². The minimum Gasteiger partial charge on any atom is -0.493 e. The summed E-state index contributed by atoms with van der Waals surface area (Å²) in [5.41, 5.74) is 1.49. The van der Waals surface area contributed by atoms with Gasteiger partial charge in [0.1, 0.15) is 0 Å². The molecule has 7 nitrogen and oxygen atoms in total. The van der Waals surface area contributed by atoms with Crippen LogP contribution in [0.15, 0.2) is 53.1 Å². The third-order valence-electron chi connectivity index (χ3n) is 3.22. The maximum absolute atomic E-state index is 10.6. The number of nitrogens with zero attached hydrogens (tertiary/aromatic N) is 2. The molecule has 3 aromatic rings. The van der Waals surface area contributed by atoms with Gasteiger partial charge in [0.05, 0.1) is 7.11 Å². The molecule has 0 spiro atoms. The van der Waals surface area contributed by atoms with Gasteiger partial charge in [-0.2, -0.15) is 4.98 Å². The van der Waals surface area contributed by atoms with Gasteiger partial charge in [0.15, 0.2) is 18.1 Å². The number of benzene rings is 2. The normalized spacial score (nSPS) is 10.4. The summed E-state index contributed by atoms with van der Waals surface area (Å²) in [4.78, 5) is 15.0. The van der Waals surface area contributed by atoms with E-state index in [0.29, 0.717) is 28.8 Å². The fourth-order valence-electron chi connectivity index (χ4n) is 2.10. The Bertz CT molecular complexity index is 845. The van der Waals surface area contributed by atoms with Gasteiger partial charge < -0.3 is 19.1 Å². The van der Waals surface area contributed by atoms with Crippen LogP contribution in [-0.4, -0.2) is 34.9 Å². The van der Waals surface area contributed by atoms with E-state index >= 15 is 0 Å². The van der Waals surface area contributed by atoms with Gasteiger partial charge in [0, 0.05) is 11.1 Å². The largest absolute Gasteiger partial charge is 0.493 e. The van der Waals surface area contributed by atoms with E-state index in [4.69, 9.17) is 19.1 Å². The van der Waals surface area contributed by atoms with Crippen molar-refractivity contribution in [3.8, 4) is 34.3 Å². The first kappa shape index (κ1) is 15.5. The zero-order valence-corrected chi connectivity index (χ0v) is 12.8. The molecular weight excluding hydrogens is 312 g/mol. The molecule has 0 saturated heterocycles. The van der Waals surface area contributed by atoms with Crippen LogP contribution in [0.25, 0.3) is 22.8 Å². The smallest absolute Gasteiger partial charge is 0.341 e. The number of carbonyl (C=O) groups is 1. The summed E-state index contributed by atoms with van der Waals surface area (Å²) >= 11 is 0. The van der Waals surface area contributed by atoms with Crippen molar-refractivity contribution in [1.29, 1.82) is 0 Å². The first-order chi connectivity index (χ1) is 11.7. The van der Waals surface area contributed by atoms with E-state index in [1.165, 1.54) is 7.11 Å².